The molecular weight excluding hydrogens is 270 g/mol. The minimum Gasteiger partial charge on any atom is -0.494 e. The lowest BCUT2D eigenvalue weighted by atomic mass is 10.2. The minimum atomic E-state index is -0.865. The maximum Gasteiger partial charge on any atom is 0.332 e. The van der Waals surface area contributed by atoms with E-state index in [1.807, 2.05) is 37.4 Å². The van der Waals surface area contributed by atoms with Gasteiger partial charge >= 0.3 is 5.97 Å². The molecule has 1 N–H and O–H groups in total. The summed E-state index contributed by atoms with van der Waals surface area (Å²) in [5.74, 6) is 0.00188. The molecule has 0 amide bonds. The highest BCUT2D eigenvalue weighted by Crippen LogP contribution is 2.25. The van der Waals surface area contributed by atoms with Gasteiger partial charge in [-0.15, -0.1) is 0 Å². The van der Waals surface area contributed by atoms with E-state index in [-0.39, 0.29) is 6.10 Å². The van der Waals surface area contributed by atoms with Gasteiger partial charge in [-0.3, -0.25) is 0 Å². The summed E-state index contributed by atoms with van der Waals surface area (Å²) in [6.07, 6.45) is 2.70. The molecule has 0 bridgehead atoms. The van der Waals surface area contributed by atoms with E-state index in [0.717, 1.165) is 23.1 Å². The maximum atomic E-state index is 10.9. The Bertz CT molecular complexity index is 649. The number of hydrogen-bond donors (Lipinski definition) is 1. The van der Waals surface area contributed by atoms with Gasteiger partial charge in [-0.25, -0.2) is 4.79 Å². The van der Waals surface area contributed by atoms with Gasteiger partial charge in [0.1, 0.15) is 5.75 Å². The van der Waals surface area contributed by atoms with E-state index in [1.54, 1.807) is 0 Å². The summed E-state index contributed by atoms with van der Waals surface area (Å²) in [5.41, 5.74) is 1.11. The summed E-state index contributed by atoms with van der Waals surface area (Å²) >= 11 is 0. The van der Waals surface area contributed by atoms with Crippen LogP contribution in [0.3, 0.4) is 0 Å². The zero-order valence-corrected chi connectivity index (χ0v) is 12.0. The number of ether oxygens (including phenoxy) is 2. The van der Waals surface area contributed by atoms with Crippen molar-refractivity contribution in [2.45, 2.75) is 38.5 Å². The maximum absolute atomic E-state index is 10.9. The Morgan fingerprint density at radius 2 is 2.29 bits per heavy atom. The van der Waals surface area contributed by atoms with Gasteiger partial charge in [-0.2, -0.15) is 0 Å². The largest absolute Gasteiger partial charge is 0.494 e. The zero-order chi connectivity index (χ0) is 14.8. The highest BCUT2D eigenvalue weighted by molar-refractivity contribution is 5.81. The first kappa shape index (κ1) is 13.9. The molecule has 21 heavy (non-hydrogen) atoms. The first-order valence-electron chi connectivity index (χ1n) is 7.27. The Morgan fingerprint density at radius 3 is 3.00 bits per heavy atom. The third-order valence-corrected chi connectivity index (χ3v) is 3.84. The van der Waals surface area contributed by atoms with E-state index in [1.165, 1.54) is 0 Å². The molecule has 1 fully saturated rings. The average molecular weight is 289 g/mol. The van der Waals surface area contributed by atoms with Crippen molar-refractivity contribution in [1.29, 1.82) is 0 Å². The number of carboxylic acids is 1. The number of carboxylic acid groups (broad SMARTS) is 1. The number of benzene rings is 1. The Kier molecular flexibility index (Phi) is 3.84. The smallest absolute Gasteiger partial charge is 0.332 e. The molecule has 1 aliphatic heterocycles. The first-order valence-corrected chi connectivity index (χ1v) is 7.27. The standard InChI is InChI=1S/C16H19NO4/c1-2-20-12-3-5-14-11(9-12)7-8-17(14)10-13-4-6-15(21-13)16(18)19/h3,5,7-9,13,15H,2,4,6,10H2,1H3,(H,18,19). The Hall–Kier alpha value is -2.01. The highest BCUT2D eigenvalue weighted by atomic mass is 16.5. The molecule has 0 aliphatic carbocycles. The molecule has 2 heterocycles. The number of rotatable bonds is 5. The number of aromatic nitrogens is 1. The second-order valence-electron chi connectivity index (χ2n) is 5.28. The first-order chi connectivity index (χ1) is 10.2. The van der Waals surface area contributed by atoms with Crippen molar-refractivity contribution in [2.24, 2.45) is 0 Å². The van der Waals surface area contributed by atoms with Crippen LogP contribution in [0.4, 0.5) is 0 Å². The predicted octanol–water partition coefficient (Wildman–Crippen LogP) is 2.67. The summed E-state index contributed by atoms with van der Waals surface area (Å²) in [5, 5.41) is 10.1. The van der Waals surface area contributed by atoms with Gasteiger partial charge in [0.15, 0.2) is 6.10 Å². The van der Waals surface area contributed by atoms with Gasteiger partial charge in [-0.1, -0.05) is 0 Å². The zero-order valence-electron chi connectivity index (χ0n) is 12.0. The summed E-state index contributed by atoms with van der Waals surface area (Å²) in [6.45, 7) is 3.30. The van der Waals surface area contributed by atoms with Crippen LogP contribution < -0.4 is 4.74 Å². The lowest BCUT2D eigenvalue weighted by Gasteiger charge is -2.13. The topological polar surface area (TPSA) is 60.7 Å². The molecule has 1 aromatic carbocycles. The number of carbonyl (C=O) groups is 1. The van der Waals surface area contributed by atoms with Crippen molar-refractivity contribution in [1.82, 2.24) is 4.57 Å². The number of fused-ring (bicyclic) bond motifs is 1. The predicted molar refractivity (Wildman–Crippen MR) is 78.6 cm³/mol. The van der Waals surface area contributed by atoms with Crippen LogP contribution in [0.2, 0.25) is 0 Å². The highest BCUT2D eigenvalue weighted by Gasteiger charge is 2.30. The normalized spacial score (nSPS) is 21.8. The minimum absolute atomic E-state index is 0.0340. The Morgan fingerprint density at radius 1 is 1.43 bits per heavy atom. The van der Waals surface area contributed by atoms with E-state index in [2.05, 4.69) is 4.57 Å². The van der Waals surface area contributed by atoms with E-state index < -0.39 is 12.1 Å². The molecule has 5 heteroatoms. The van der Waals surface area contributed by atoms with E-state index in [9.17, 15) is 4.79 Å². The van der Waals surface area contributed by atoms with Crippen LogP contribution in [0.15, 0.2) is 30.5 Å². The van der Waals surface area contributed by atoms with Crippen LogP contribution in [0.25, 0.3) is 10.9 Å². The molecule has 5 nitrogen and oxygen atoms in total. The van der Waals surface area contributed by atoms with Crippen LogP contribution in [-0.2, 0) is 16.1 Å². The van der Waals surface area contributed by atoms with Crippen LogP contribution >= 0.6 is 0 Å². The Balaban J connectivity index is 1.74. The van der Waals surface area contributed by atoms with Gasteiger partial charge in [0.05, 0.1) is 12.7 Å². The van der Waals surface area contributed by atoms with Crippen LogP contribution in [0.1, 0.15) is 19.8 Å². The summed E-state index contributed by atoms with van der Waals surface area (Å²) in [4.78, 5) is 10.9. The molecule has 2 atom stereocenters. The number of hydrogen-bond acceptors (Lipinski definition) is 3. The second-order valence-corrected chi connectivity index (χ2v) is 5.28. The lowest BCUT2D eigenvalue weighted by molar-refractivity contribution is -0.149. The third-order valence-electron chi connectivity index (χ3n) is 3.84. The molecule has 0 saturated carbocycles. The fourth-order valence-corrected chi connectivity index (χ4v) is 2.83. The van der Waals surface area contributed by atoms with Gasteiger partial charge < -0.3 is 19.1 Å². The van der Waals surface area contributed by atoms with Gasteiger partial charge in [0, 0.05) is 23.6 Å². The fourth-order valence-electron chi connectivity index (χ4n) is 2.83. The molecule has 112 valence electrons. The van der Waals surface area contributed by atoms with Crippen molar-refractivity contribution < 1.29 is 19.4 Å². The van der Waals surface area contributed by atoms with Gasteiger partial charge in [0.2, 0.25) is 0 Å². The fraction of sp³-hybridized carbons (Fsp3) is 0.438. The SMILES string of the molecule is CCOc1ccc2c(ccn2CC2CCC(C(=O)O)O2)c1. The third kappa shape index (κ3) is 2.88. The van der Waals surface area contributed by atoms with Crippen LogP contribution in [-0.4, -0.2) is 34.5 Å². The molecule has 1 aliphatic rings. The molecule has 1 aromatic heterocycles. The molecule has 2 aromatic rings. The summed E-state index contributed by atoms with van der Waals surface area (Å²) in [7, 11) is 0. The number of aliphatic carboxylic acids is 1. The average Bonchev–Trinajstić information content (AvgIpc) is 3.07. The molecule has 0 radical (unpaired) electrons. The van der Waals surface area contributed by atoms with Crippen LogP contribution in [0, 0.1) is 0 Å². The number of nitrogens with zero attached hydrogens (tertiary/aromatic N) is 1. The molecule has 0 spiro atoms. The Labute approximate surface area is 123 Å². The van der Waals surface area contributed by atoms with Crippen molar-refractivity contribution in [3.63, 3.8) is 0 Å². The quantitative estimate of drug-likeness (QED) is 0.919. The van der Waals surface area contributed by atoms with Gasteiger partial charge in [0.25, 0.3) is 0 Å². The van der Waals surface area contributed by atoms with Crippen molar-refractivity contribution >= 4 is 16.9 Å². The second kappa shape index (κ2) is 5.77. The van der Waals surface area contributed by atoms with Crippen LogP contribution in [0.5, 0.6) is 5.75 Å². The monoisotopic (exact) mass is 289 g/mol. The van der Waals surface area contributed by atoms with E-state index >= 15 is 0 Å². The molecule has 1 saturated heterocycles. The summed E-state index contributed by atoms with van der Waals surface area (Å²) < 4.78 is 13.2. The lowest BCUT2D eigenvalue weighted by Crippen LogP contribution is -2.22. The van der Waals surface area contributed by atoms with E-state index in [0.29, 0.717) is 19.6 Å². The van der Waals surface area contributed by atoms with Crippen molar-refractivity contribution in [3.8, 4) is 5.75 Å². The molecule has 2 unspecified atom stereocenters. The van der Waals surface area contributed by atoms with E-state index in [4.69, 9.17) is 14.6 Å². The molecule has 3 rings (SSSR count). The molecular formula is C16H19NO4. The van der Waals surface area contributed by atoms with Crippen molar-refractivity contribution in [2.75, 3.05) is 6.61 Å². The van der Waals surface area contributed by atoms with Gasteiger partial charge in [-0.05, 0) is 44.0 Å². The summed E-state index contributed by atoms with van der Waals surface area (Å²) in [6, 6.07) is 8.05. The van der Waals surface area contributed by atoms with Crippen molar-refractivity contribution in [3.05, 3.63) is 30.5 Å².